The minimum Gasteiger partial charge on any atom is -0.487 e. The number of sulfonamides is 1. The van der Waals surface area contributed by atoms with Crippen LogP contribution in [0.4, 0.5) is 5.69 Å². The van der Waals surface area contributed by atoms with Gasteiger partial charge >= 0.3 is 0 Å². The van der Waals surface area contributed by atoms with Crippen LogP contribution in [0.25, 0.3) is 0 Å². The van der Waals surface area contributed by atoms with Gasteiger partial charge in [0, 0.05) is 23.2 Å². The lowest BCUT2D eigenvalue weighted by atomic mass is 9.88. The Morgan fingerprint density at radius 1 is 1.18 bits per heavy atom. The summed E-state index contributed by atoms with van der Waals surface area (Å²) in [4.78, 5) is 12.8. The molecule has 2 N–H and O–H groups in total. The third-order valence-corrected chi connectivity index (χ3v) is 6.04. The molecule has 1 aliphatic heterocycles. The van der Waals surface area contributed by atoms with Crippen molar-refractivity contribution < 1.29 is 17.9 Å². The quantitative estimate of drug-likeness (QED) is 0.797. The molecule has 2 aromatic rings. The Bertz CT molecular complexity index is 982. The lowest BCUT2D eigenvalue weighted by Crippen LogP contribution is -2.41. The third kappa shape index (κ3) is 4.65. The summed E-state index contributed by atoms with van der Waals surface area (Å²) in [7, 11) is -3.34. The largest absolute Gasteiger partial charge is 0.487 e. The number of anilines is 1. The molecule has 0 saturated heterocycles. The van der Waals surface area contributed by atoms with E-state index in [4.69, 9.17) is 4.74 Å². The first kappa shape index (κ1) is 20.2. The zero-order chi connectivity index (χ0) is 20.5. The Morgan fingerprint density at radius 3 is 2.50 bits per heavy atom. The Kier molecular flexibility index (Phi) is 5.39. The Morgan fingerprint density at radius 2 is 1.86 bits per heavy atom. The maximum atomic E-state index is 12.8. The molecule has 0 saturated carbocycles. The standard InChI is InChI=1S/C21H26N2O4S/c1-5-28(25,26)23-16-9-7-15(8-10-16)20(24)22-18-13-21(3,4)27-19-11-6-14(2)12-17(18)19/h6-12,18,23H,5,13H2,1-4H3,(H,22,24). The molecule has 3 rings (SSSR count). The maximum Gasteiger partial charge on any atom is 0.251 e. The molecule has 150 valence electrons. The highest BCUT2D eigenvalue weighted by Crippen LogP contribution is 2.40. The van der Waals surface area contributed by atoms with Gasteiger partial charge in [-0.05, 0) is 58.0 Å². The normalized spacial score (nSPS) is 17.9. The summed E-state index contributed by atoms with van der Waals surface area (Å²) in [6.07, 6.45) is 0.656. The molecule has 1 atom stereocenters. The Balaban J connectivity index is 1.78. The van der Waals surface area contributed by atoms with Crippen molar-refractivity contribution in [3.63, 3.8) is 0 Å². The predicted octanol–water partition coefficient (Wildman–Crippen LogP) is 3.79. The monoisotopic (exact) mass is 402 g/mol. The number of aryl methyl sites for hydroxylation is 1. The van der Waals surface area contributed by atoms with Crippen LogP contribution in [0, 0.1) is 6.92 Å². The fourth-order valence-corrected chi connectivity index (χ4v) is 3.93. The van der Waals surface area contributed by atoms with Crippen molar-refractivity contribution in [2.75, 3.05) is 10.5 Å². The second kappa shape index (κ2) is 7.47. The van der Waals surface area contributed by atoms with E-state index in [1.165, 1.54) is 0 Å². The Labute approximate surface area is 166 Å². The van der Waals surface area contributed by atoms with E-state index in [2.05, 4.69) is 10.0 Å². The SMILES string of the molecule is CCS(=O)(=O)Nc1ccc(C(=O)NC2CC(C)(C)Oc3ccc(C)cc32)cc1. The summed E-state index contributed by atoms with van der Waals surface area (Å²) in [6.45, 7) is 7.58. The highest BCUT2D eigenvalue weighted by atomic mass is 32.2. The first-order valence-corrected chi connectivity index (χ1v) is 10.9. The van der Waals surface area contributed by atoms with Gasteiger partial charge in [0.15, 0.2) is 0 Å². The van der Waals surface area contributed by atoms with Crippen molar-refractivity contribution in [1.82, 2.24) is 5.32 Å². The number of rotatable bonds is 5. The number of hydrogen-bond donors (Lipinski definition) is 2. The van der Waals surface area contributed by atoms with Gasteiger partial charge < -0.3 is 10.1 Å². The van der Waals surface area contributed by atoms with Crippen molar-refractivity contribution in [1.29, 1.82) is 0 Å². The molecule has 6 nitrogen and oxygen atoms in total. The van der Waals surface area contributed by atoms with E-state index in [0.29, 0.717) is 17.7 Å². The minimum absolute atomic E-state index is 0.00635. The molecule has 0 aromatic heterocycles. The van der Waals surface area contributed by atoms with Gasteiger partial charge in [-0.2, -0.15) is 0 Å². The average Bonchev–Trinajstić information content (AvgIpc) is 2.62. The first-order valence-electron chi connectivity index (χ1n) is 9.29. The summed E-state index contributed by atoms with van der Waals surface area (Å²) >= 11 is 0. The summed E-state index contributed by atoms with van der Waals surface area (Å²) in [5, 5.41) is 3.10. The number of nitrogens with one attached hydrogen (secondary N) is 2. The summed E-state index contributed by atoms with van der Waals surface area (Å²) in [5.74, 6) is 0.574. The molecule has 1 heterocycles. The van der Waals surface area contributed by atoms with Crippen molar-refractivity contribution in [2.24, 2.45) is 0 Å². The van der Waals surface area contributed by atoms with Gasteiger partial charge in [-0.25, -0.2) is 8.42 Å². The maximum absolute atomic E-state index is 12.8. The first-order chi connectivity index (χ1) is 13.1. The number of ether oxygens (including phenoxy) is 1. The van der Waals surface area contributed by atoms with Gasteiger partial charge in [0.2, 0.25) is 10.0 Å². The molecule has 0 aliphatic carbocycles. The molecule has 1 amide bonds. The predicted molar refractivity (Wildman–Crippen MR) is 110 cm³/mol. The highest BCUT2D eigenvalue weighted by Gasteiger charge is 2.34. The summed E-state index contributed by atoms with van der Waals surface area (Å²) in [6, 6.07) is 12.2. The van der Waals surface area contributed by atoms with Gasteiger partial charge in [0.05, 0.1) is 11.8 Å². The number of hydrogen-bond acceptors (Lipinski definition) is 4. The fourth-order valence-electron chi connectivity index (χ4n) is 3.29. The molecule has 0 bridgehead atoms. The zero-order valence-corrected chi connectivity index (χ0v) is 17.4. The van der Waals surface area contributed by atoms with Crippen LogP contribution in [-0.2, 0) is 10.0 Å². The van der Waals surface area contributed by atoms with Crippen molar-refractivity contribution in [2.45, 2.75) is 45.8 Å². The molecule has 1 unspecified atom stereocenters. The van der Waals surface area contributed by atoms with Crippen LogP contribution in [-0.4, -0.2) is 25.7 Å². The molecule has 0 spiro atoms. The zero-order valence-electron chi connectivity index (χ0n) is 16.6. The van der Waals surface area contributed by atoms with Gasteiger partial charge in [-0.1, -0.05) is 17.7 Å². The highest BCUT2D eigenvalue weighted by molar-refractivity contribution is 7.92. The van der Waals surface area contributed by atoms with E-state index in [-0.39, 0.29) is 23.3 Å². The van der Waals surface area contributed by atoms with E-state index in [1.807, 2.05) is 39.0 Å². The van der Waals surface area contributed by atoms with E-state index in [1.54, 1.807) is 31.2 Å². The number of fused-ring (bicyclic) bond motifs is 1. The Hall–Kier alpha value is -2.54. The smallest absolute Gasteiger partial charge is 0.251 e. The van der Waals surface area contributed by atoms with Crippen molar-refractivity contribution >= 4 is 21.6 Å². The molecular formula is C21H26N2O4S. The number of benzene rings is 2. The topological polar surface area (TPSA) is 84.5 Å². The van der Waals surface area contributed by atoms with Crippen LogP contribution >= 0.6 is 0 Å². The second-order valence-electron chi connectivity index (χ2n) is 7.72. The second-order valence-corrected chi connectivity index (χ2v) is 9.73. The van der Waals surface area contributed by atoms with E-state index in [0.717, 1.165) is 16.9 Å². The minimum atomic E-state index is -3.34. The van der Waals surface area contributed by atoms with E-state index >= 15 is 0 Å². The van der Waals surface area contributed by atoms with Crippen LogP contribution in [0.3, 0.4) is 0 Å². The molecule has 0 fully saturated rings. The molecule has 0 radical (unpaired) electrons. The molecular weight excluding hydrogens is 376 g/mol. The van der Waals surface area contributed by atoms with Crippen LogP contribution in [0.2, 0.25) is 0 Å². The third-order valence-electron chi connectivity index (χ3n) is 4.73. The van der Waals surface area contributed by atoms with Crippen molar-refractivity contribution in [3.05, 3.63) is 59.2 Å². The number of amides is 1. The average molecular weight is 403 g/mol. The van der Waals surface area contributed by atoms with E-state index < -0.39 is 10.0 Å². The lowest BCUT2D eigenvalue weighted by Gasteiger charge is -2.38. The van der Waals surface area contributed by atoms with Gasteiger partial charge in [-0.3, -0.25) is 9.52 Å². The van der Waals surface area contributed by atoms with Crippen LogP contribution in [0.1, 0.15) is 54.7 Å². The lowest BCUT2D eigenvalue weighted by molar-refractivity contribution is 0.0619. The van der Waals surface area contributed by atoms with Crippen LogP contribution < -0.4 is 14.8 Å². The van der Waals surface area contributed by atoms with Gasteiger partial charge in [0.25, 0.3) is 5.91 Å². The summed E-state index contributed by atoms with van der Waals surface area (Å²) in [5.41, 5.74) is 2.60. The van der Waals surface area contributed by atoms with Gasteiger partial charge in [-0.15, -0.1) is 0 Å². The fraction of sp³-hybridized carbons (Fsp3) is 0.381. The molecule has 2 aromatic carbocycles. The van der Waals surface area contributed by atoms with Gasteiger partial charge in [0.1, 0.15) is 11.4 Å². The van der Waals surface area contributed by atoms with Crippen LogP contribution in [0.15, 0.2) is 42.5 Å². The molecule has 28 heavy (non-hydrogen) atoms. The number of carbonyl (C=O) groups is 1. The molecule has 7 heteroatoms. The van der Waals surface area contributed by atoms with Crippen molar-refractivity contribution in [3.8, 4) is 5.75 Å². The molecule has 1 aliphatic rings. The number of carbonyl (C=O) groups excluding carboxylic acids is 1. The summed E-state index contributed by atoms with van der Waals surface area (Å²) < 4.78 is 31.8. The van der Waals surface area contributed by atoms with Crippen LogP contribution in [0.5, 0.6) is 5.75 Å². The van der Waals surface area contributed by atoms with E-state index in [9.17, 15) is 13.2 Å².